The summed E-state index contributed by atoms with van der Waals surface area (Å²) in [6.45, 7) is 0. The fourth-order valence-electron chi connectivity index (χ4n) is 1.54. The number of anilines is 2. The van der Waals surface area contributed by atoms with E-state index in [1.807, 2.05) is 4.72 Å². The third-order valence-corrected chi connectivity index (χ3v) is 4.11. The first-order valence-electron chi connectivity index (χ1n) is 5.32. The number of hydrogen-bond donors (Lipinski definition) is 2. The molecular weight excluding hydrogens is 310 g/mol. The molecule has 0 fully saturated rings. The molecule has 0 saturated carbocycles. The van der Waals surface area contributed by atoms with E-state index < -0.39 is 27.3 Å². The second-order valence-corrected chi connectivity index (χ2v) is 6.00. The molecule has 0 radical (unpaired) electrons. The number of nitrogens with two attached hydrogens (primary N) is 1. The van der Waals surface area contributed by atoms with Crippen LogP contribution in [-0.2, 0) is 10.0 Å². The van der Waals surface area contributed by atoms with Crippen molar-refractivity contribution in [3.63, 3.8) is 0 Å². The van der Waals surface area contributed by atoms with Gasteiger partial charge in [0.1, 0.15) is 16.5 Å². The molecule has 0 unspecified atom stereocenters. The van der Waals surface area contributed by atoms with E-state index in [2.05, 4.69) is 0 Å². The summed E-state index contributed by atoms with van der Waals surface area (Å²) >= 11 is 5.67. The van der Waals surface area contributed by atoms with Crippen LogP contribution in [0, 0.1) is 11.6 Å². The number of rotatable bonds is 3. The van der Waals surface area contributed by atoms with Gasteiger partial charge in [0, 0.05) is 11.1 Å². The highest BCUT2D eigenvalue weighted by Gasteiger charge is 2.19. The van der Waals surface area contributed by atoms with Gasteiger partial charge in [0.15, 0.2) is 0 Å². The maximum atomic E-state index is 13.4. The second kappa shape index (κ2) is 5.26. The molecule has 3 N–H and O–H groups in total. The Bertz CT molecular complexity index is 766. The summed E-state index contributed by atoms with van der Waals surface area (Å²) in [5, 5.41) is 0.262. The fourth-order valence-corrected chi connectivity index (χ4v) is 2.89. The molecule has 0 heterocycles. The molecule has 0 amide bonds. The highest BCUT2D eigenvalue weighted by molar-refractivity contribution is 7.92. The van der Waals surface area contributed by atoms with Crippen molar-refractivity contribution in [1.82, 2.24) is 0 Å². The van der Waals surface area contributed by atoms with E-state index in [0.29, 0.717) is 0 Å². The van der Waals surface area contributed by atoms with Gasteiger partial charge >= 0.3 is 0 Å². The van der Waals surface area contributed by atoms with E-state index >= 15 is 0 Å². The number of halogens is 3. The Morgan fingerprint density at radius 2 is 1.80 bits per heavy atom. The van der Waals surface area contributed by atoms with E-state index in [4.69, 9.17) is 17.3 Å². The summed E-state index contributed by atoms with van der Waals surface area (Å²) in [4.78, 5) is -0.273. The van der Waals surface area contributed by atoms with Crippen LogP contribution in [0.2, 0.25) is 5.02 Å². The molecule has 8 heteroatoms. The molecule has 0 aliphatic heterocycles. The summed E-state index contributed by atoms with van der Waals surface area (Å²) in [5.74, 6) is -1.67. The van der Waals surface area contributed by atoms with Crippen LogP contribution in [0.25, 0.3) is 0 Å². The smallest absolute Gasteiger partial charge is 0.264 e. The monoisotopic (exact) mass is 318 g/mol. The zero-order chi connectivity index (χ0) is 14.9. The number of hydrogen-bond acceptors (Lipinski definition) is 3. The highest BCUT2D eigenvalue weighted by Crippen LogP contribution is 2.25. The predicted molar refractivity (Wildman–Crippen MR) is 73.0 cm³/mol. The zero-order valence-corrected chi connectivity index (χ0v) is 11.5. The minimum absolute atomic E-state index is 0.0955. The van der Waals surface area contributed by atoms with Crippen molar-refractivity contribution in [3.05, 3.63) is 53.1 Å². The Labute approximate surface area is 119 Å². The van der Waals surface area contributed by atoms with E-state index in [-0.39, 0.29) is 15.6 Å². The third kappa shape index (κ3) is 3.00. The first-order chi connectivity index (χ1) is 9.29. The standard InChI is InChI=1S/C12H9ClF2N2O2S/c13-7-1-4-12(10(16)5-7)20(18,19)17-11-6-8(14)2-3-9(11)15/h1-6,17H,16H2. The molecule has 0 aromatic heterocycles. The van der Waals surface area contributed by atoms with Crippen LogP contribution in [0.5, 0.6) is 0 Å². The minimum atomic E-state index is -4.14. The van der Waals surface area contributed by atoms with Crippen molar-refractivity contribution in [2.75, 3.05) is 10.5 Å². The van der Waals surface area contributed by atoms with Gasteiger partial charge in [-0.05, 0) is 30.3 Å². The molecule has 0 saturated heterocycles. The predicted octanol–water partition coefficient (Wildman–Crippen LogP) is 3.00. The first kappa shape index (κ1) is 14.5. The fraction of sp³-hybridized carbons (Fsp3) is 0. The van der Waals surface area contributed by atoms with Crippen molar-refractivity contribution in [2.24, 2.45) is 0 Å². The molecule has 2 rings (SSSR count). The minimum Gasteiger partial charge on any atom is -0.398 e. The maximum Gasteiger partial charge on any atom is 0.264 e. The quantitative estimate of drug-likeness (QED) is 0.854. The van der Waals surface area contributed by atoms with Crippen molar-refractivity contribution >= 4 is 33.0 Å². The van der Waals surface area contributed by atoms with Gasteiger partial charge in [0.2, 0.25) is 0 Å². The molecular formula is C12H9ClF2N2O2S. The van der Waals surface area contributed by atoms with Crippen LogP contribution >= 0.6 is 11.6 Å². The van der Waals surface area contributed by atoms with Crippen molar-refractivity contribution in [2.45, 2.75) is 4.90 Å². The van der Waals surface area contributed by atoms with Gasteiger partial charge in [-0.3, -0.25) is 4.72 Å². The van der Waals surface area contributed by atoms with Gasteiger partial charge < -0.3 is 5.73 Å². The maximum absolute atomic E-state index is 13.4. The molecule has 0 atom stereocenters. The SMILES string of the molecule is Nc1cc(Cl)ccc1S(=O)(=O)Nc1cc(F)ccc1F. The van der Waals surface area contributed by atoms with E-state index in [1.165, 1.54) is 18.2 Å². The van der Waals surface area contributed by atoms with Gasteiger partial charge in [0.25, 0.3) is 10.0 Å². The average molecular weight is 319 g/mol. The van der Waals surface area contributed by atoms with Gasteiger partial charge in [0.05, 0.1) is 11.4 Å². The molecule has 0 bridgehead atoms. The van der Waals surface area contributed by atoms with Gasteiger partial charge in [-0.1, -0.05) is 11.6 Å². The molecule has 0 aliphatic rings. The topological polar surface area (TPSA) is 72.2 Å². The zero-order valence-electron chi connectivity index (χ0n) is 9.90. The number of sulfonamides is 1. The lowest BCUT2D eigenvalue weighted by Crippen LogP contribution is -2.15. The molecule has 2 aromatic rings. The number of nitrogen functional groups attached to an aromatic ring is 1. The third-order valence-electron chi connectivity index (χ3n) is 2.43. The summed E-state index contributed by atoms with van der Waals surface area (Å²) in [5.41, 5.74) is 4.96. The lowest BCUT2D eigenvalue weighted by molar-refractivity contribution is 0.594. The average Bonchev–Trinajstić information content (AvgIpc) is 2.33. The second-order valence-electron chi connectivity index (χ2n) is 3.91. The normalized spacial score (nSPS) is 11.3. The number of nitrogens with one attached hydrogen (secondary N) is 1. The molecule has 2 aromatic carbocycles. The van der Waals surface area contributed by atoms with Crippen LogP contribution in [-0.4, -0.2) is 8.42 Å². The van der Waals surface area contributed by atoms with Crippen LogP contribution in [0.4, 0.5) is 20.2 Å². The highest BCUT2D eigenvalue weighted by atomic mass is 35.5. The lowest BCUT2D eigenvalue weighted by atomic mass is 10.3. The Morgan fingerprint density at radius 1 is 1.10 bits per heavy atom. The summed E-state index contributed by atoms with van der Waals surface area (Å²) in [6.07, 6.45) is 0. The molecule has 0 spiro atoms. The van der Waals surface area contributed by atoms with Crippen molar-refractivity contribution in [1.29, 1.82) is 0 Å². The molecule has 0 aliphatic carbocycles. The van der Waals surface area contributed by atoms with Crippen molar-refractivity contribution in [3.8, 4) is 0 Å². The summed E-state index contributed by atoms with van der Waals surface area (Å²) in [6, 6.07) is 6.19. The number of benzene rings is 2. The molecule has 4 nitrogen and oxygen atoms in total. The molecule has 106 valence electrons. The Balaban J connectivity index is 2.43. The van der Waals surface area contributed by atoms with Gasteiger partial charge in [-0.25, -0.2) is 17.2 Å². The Kier molecular flexibility index (Phi) is 3.82. The Hall–Kier alpha value is -1.86. The largest absolute Gasteiger partial charge is 0.398 e. The lowest BCUT2D eigenvalue weighted by Gasteiger charge is -2.11. The van der Waals surface area contributed by atoms with Crippen LogP contribution < -0.4 is 10.5 Å². The van der Waals surface area contributed by atoms with E-state index in [0.717, 1.165) is 18.2 Å². The van der Waals surface area contributed by atoms with Crippen LogP contribution in [0.1, 0.15) is 0 Å². The van der Waals surface area contributed by atoms with E-state index in [1.54, 1.807) is 0 Å². The summed E-state index contributed by atoms with van der Waals surface area (Å²) < 4.78 is 52.5. The first-order valence-corrected chi connectivity index (χ1v) is 7.18. The van der Waals surface area contributed by atoms with Crippen LogP contribution in [0.15, 0.2) is 41.3 Å². The van der Waals surface area contributed by atoms with E-state index in [9.17, 15) is 17.2 Å². The van der Waals surface area contributed by atoms with Gasteiger partial charge in [-0.15, -0.1) is 0 Å². The summed E-state index contributed by atoms with van der Waals surface area (Å²) in [7, 11) is -4.14. The Morgan fingerprint density at radius 3 is 2.45 bits per heavy atom. The van der Waals surface area contributed by atoms with Crippen molar-refractivity contribution < 1.29 is 17.2 Å². The van der Waals surface area contributed by atoms with Gasteiger partial charge in [-0.2, -0.15) is 0 Å². The van der Waals surface area contributed by atoms with Crippen LogP contribution in [0.3, 0.4) is 0 Å². The molecule has 20 heavy (non-hydrogen) atoms.